The zero-order valence-electron chi connectivity index (χ0n) is 12.7. The summed E-state index contributed by atoms with van der Waals surface area (Å²) in [5, 5.41) is 2.96. The van der Waals surface area contributed by atoms with Crippen LogP contribution in [0, 0.1) is 5.92 Å². The van der Waals surface area contributed by atoms with Crippen molar-refractivity contribution in [2.75, 3.05) is 43.4 Å². The normalized spacial score (nSPS) is 17.9. The molecular formula is C16H25N3O. The van der Waals surface area contributed by atoms with E-state index >= 15 is 0 Å². The first-order chi connectivity index (χ1) is 9.60. The number of amides is 1. The number of rotatable bonds is 4. The predicted molar refractivity (Wildman–Crippen MR) is 84.2 cm³/mol. The van der Waals surface area contributed by atoms with E-state index in [0.29, 0.717) is 0 Å². The summed E-state index contributed by atoms with van der Waals surface area (Å²) in [5.41, 5.74) is 2.12. The van der Waals surface area contributed by atoms with E-state index in [2.05, 4.69) is 34.3 Å². The van der Waals surface area contributed by atoms with Crippen molar-refractivity contribution < 1.29 is 4.79 Å². The number of piperazine rings is 1. The number of carbonyl (C=O) groups excluding carboxylic acids is 1. The predicted octanol–water partition coefficient (Wildman–Crippen LogP) is 2.42. The molecule has 1 aromatic rings. The summed E-state index contributed by atoms with van der Waals surface area (Å²) in [6.45, 7) is 8.32. The Bertz CT molecular complexity index is 436. The summed E-state index contributed by atoms with van der Waals surface area (Å²) in [4.78, 5) is 16.6. The second-order valence-electron chi connectivity index (χ2n) is 5.64. The molecule has 0 radical (unpaired) electrons. The molecule has 0 spiro atoms. The zero-order valence-corrected chi connectivity index (χ0v) is 12.7. The minimum Gasteiger partial charge on any atom is -0.369 e. The molecule has 1 aliphatic rings. The minimum absolute atomic E-state index is 0.0623. The molecule has 0 bridgehead atoms. The third-order valence-corrected chi connectivity index (χ3v) is 4.06. The van der Waals surface area contributed by atoms with Crippen LogP contribution in [0.4, 0.5) is 11.4 Å². The summed E-state index contributed by atoms with van der Waals surface area (Å²) >= 11 is 0. The minimum atomic E-state index is 0.0623. The van der Waals surface area contributed by atoms with E-state index in [1.54, 1.807) is 0 Å². The van der Waals surface area contributed by atoms with Gasteiger partial charge >= 0.3 is 0 Å². The Labute approximate surface area is 121 Å². The van der Waals surface area contributed by atoms with Crippen LogP contribution >= 0.6 is 0 Å². The van der Waals surface area contributed by atoms with E-state index in [1.165, 1.54) is 5.69 Å². The number of anilines is 2. The van der Waals surface area contributed by atoms with Crippen molar-refractivity contribution in [1.82, 2.24) is 4.90 Å². The van der Waals surface area contributed by atoms with Gasteiger partial charge in [0.05, 0.1) is 0 Å². The smallest absolute Gasteiger partial charge is 0.227 e. The van der Waals surface area contributed by atoms with Crippen molar-refractivity contribution in [3.8, 4) is 0 Å². The van der Waals surface area contributed by atoms with E-state index in [-0.39, 0.29) is 11.8 Å². The fourth-order valence-corrected chi connectivity index (χ4v) is 2.27. The maximum absolute atomic E-state index is 11.8. The van der Waals surface area contributed by atoms with Gasteiger partial charge in [0.2, 0.25) is 5.91 Å². The number of carbonyl (C=O) groups is 1. The highest BCUT2D eigenvalue weighted by molar-refractivity contribution is 5.92. The fraction of sp³-hybridized carbons (Fsp3) is 0.562. The highest BCUT2D eigenvalue weighted by Crippen LogP contribution is 2.19. The molecular weight excluding hydrogens is 250 g/mol. The van der Waals surface area contributed by atoms with Crippen LogP contribution in [0.15, 0.2) is 24.3 Å². The van der Waals surface area contributed by atoms with Gasteiger partial charge in [0.25, 0.3) is 0 Å². The zero-order chi connectivity index (χ0) is 14.5. The fourth-order valence-electron chi connectivity index (χ4n) is 2.27. The Morgan fingerprint density at radius 3 is 2.35 bits per heavy atom. The molecule has 1 aliphatic heterocycles. The highest BCUT2D eigenvalue weighted by Gasteiger charge is 2.14. The van der Waals surface area contributed by atoms with Gasteiger partial charge in [-0.15, -0.1) is 0 Å². The second-order valence-corrected chi connectivity index (χ2v) is 5.64. The first-order valence-electron chi connectivity index (χ1n) is 7.44. The first-order valence-corrected chi connectivity index (χ1v) is 7.44. The summed E-state index contributed by atoms with van der Waals surface area (Å²) in [7, 11) is 2.16. The van der Waals surface area contributed by atoms with E-state index in [4.69, 9.17) is 0 Å². The van der Waals surface area contributed by atoms with Crippen LogP contribution < -0.4 is 10.2 Å². The molecule has 1 N–H and O–H groups in total. The van der Waals surface area contributed by atoms with Gasteiger partial charge in [0.15, 0.2) is 0 Å². The van der Waals surface area contributed by atoms with Crippen LogP contribution in [0.1, 0.15) is 20.3 Å². The number of likely N-dealkylation sites (N-methyl/N-ethyl adjacent to an activating group) is 1. The van der Waals surface area contributed by atoms with Gasteiger partial charge in [-0.05, 0) is 37.7 Å². The lowest BCUT2D eigenvalue weighted by molar-refractivity contribution is -0.119. The largest absolute Gasteiger partial charge is 0.369 e. The standard InChI is InChI=1S/C16H25N3O/c1-4-13(2)16(20)17-14-5-7-15(8-6-14)19-11-9-18(3)10-12-19/h5-8,13H,4,9-12H2,1-3H3,(H,17,20). The van der Waals surface area contributed by atoms with Gasteiger partial charge in [-0.3, -0.25) is 4.79 Å². The van der Waals surface area contributed by atoms with Crippen LogP contribution in [0.5, 0.6) is 0 Å². The molecule has 2 rings (SSSR count). The van der Waals surface area contributed by atoms with E-state index < -0.39 is 0 Å². The van der Waals surface area contributed by atoms with Gasteiger partial charge in [-0.25, -0.2) is 0 Å². The van der Waals surface area contributed by atoms with Gasteiger partial charge in [0, 0.05) is 43.5 Å². The molecule has 110 valence electrons. The number of nitrogens with one attached hydrogen (secondary N) is 1. The van der Waals surface area contributed by atoms with Crippen molar-refractivity contribution >= 4 is 17.3 Å². The Morgan fingerprint density at radius 1 is 1.20 bits per heavy atom. The van der Waals surface area contributed by atoms with Crippen LogP contribution in [-0.4, -0.2) is 44.0 Å². The van der Waals surface area contributed by atoms with E-state index in [0.717, 1.165) is 38.3 Å². The Hall–Kier alpha value is -1.55. The quantitative estimate of drug-likeness (QED) is 0.916. The summed E-state index contributed by atoms with van der Waals surface area (Å²) in [6.07, 6.45) is 0.866. The molecule has 0 saturated carbocycles. The lowest BCUT2D eigenvalue weighted by Crippen LogP contribution is -2.44. The van der Waals surface area contributed by atoms with E-state index in [1.807, 2.05) is 26.0 Å². The van der Waals surface area contributed by atoms with Crippen molar-refractivity contribution in [1.29, 1.82) is 0 Å². The summed E-state index contributed by atoms with van der Waals surface area (Å²) in [5.74, 6) is 0.159. The van der Waals surface area contributed by atoms with Crippen molar-refractivity contribution in [2.45, 2.75) is 20.3 Å². The Kier molecular flexibility index (Phi) is 5.01. The number of benzene rings is 1. The summed E-state index contributed by atoms with van der Waals surface area (Å²) in [6, 6.07) is 8.18. The second kappa shape index (κ2) is 6.75. The Balaban J connectivity index is 1.94. The van der Waals surface area contributed by atoms with Gasteiger partial charge in [-0.2, -0.15) is 0 Å². The van der Waals surface area contributed by atoms with Crippen LogP contribution in [0.2, 0.25) is 0 Å². The molecule has 0 aliphatic carbocycles. The number of nitrogens with zero attached hydrogens (tertiary/aromatic N) is 2. The average Bonchev–Trinajstić information content (AvgIpc) is 2.48. The topological polar surface area (TPSA) is 35.6 Å². The molecule has 0 aromatic heterocycles. The maximum Gasteiger partial charge on any atom is 0.227 e. The van der Waals surface area contributed by atoms with Gasteiger partial charge in [-0.1, -0.05) is 13.8 Å². The Morgan fingerprint density at radius 2 is 1.80 bits per heavy atom. The molecule has 1 unspecified atom stereocenters. The third kappa shape index (κ3) is 3.73. The van der Waals surface area contributed by atoms with Crippen molar-refractivity contribution in [3.05, 3.63) is 24.3 Å². The maximum atomic E-state index is 11.8. The lowest BCUT2D eigenvalue weighted by atomic mass is 10.1. The summed E-state index contributed by atoms with van der Waals surface area (Å²) < 4.78 is 0. The van der Waals surface area contributed by atoms with Crippen LogP contribution in [-0.2, 0) is 4.79 Å². The average molecular weight is 275 g/mol. The monoisotopic (exact) mass is 275 g/mol. The highest BCUT2D eigenvalue weighted by atomic mass is 16.1. The molecule has 1 atom stereocenters. The molecule has 1 amide bonds. The van der Waals surface area contributed by atoms with E-state index in [9.17, 15) is 4.79 Å². The number of hydrogen-bond acceptors (Lipinski definition) is 3. The molecule has 1 fully saturated rings. The van der Waals surface area contributed by atoms with Crippen LogP contribution in [0.25, 0.3) is 0 Å². The first kappa shape index (κ1) is 14.9. The van der Waals surface area contributed by atoms with Crippen molar-refractivity contribution in [3.63, 3.8) is 0 Å². The van der Waals surface area contributed by atoms with Gasteiger partial charge < -0.3 is 15.1 Å². The number of hydrogen-bond donors (Lipinski definition) is 1. The van der Waals surface area contributed by atoms with Crippen molar-refractivity contribution in [2.24, 2.45) is 5.92 Å². The molecule has 4 heteroatoms. The third-order valence-electron chi connectivity index (χ3n) is 4.06. The molecule has 1 saturated heterocycles. The molecule has 1 heterocycles. The van der Waals surface area contributed by atoms with Crippen LogP contribution in [0.3, 0.4) is 0 Å². The van der Waals surface area contributed by atoms with Gasteiger partial charge in [0.1, 0.15) is 0 Å². The molecule has 4 nitrogen and oxygen atoms in total. The molecule has 1 aromatic carbocycles. The SMILES string of the molecule is CCC(C)C(=O)Nc1ccc(N2CCN(C)CC2)cc1. The molecule has 20 heavy (non-hydrogen) atoms. The lowest BCUT2D eigenvalue weighted by Gasteiger charge is -2.34.